The molecular weight excluding hydrogens is 425 g/mol. The van der Waals surface area contributed by atoms with Crippen molar-refractivity contribution in [3.8, 4) is 16.9 Å². The third-order valence-electron chi connectivity index (χ3n) is 4.08. The first-order valence-corrected chi connectivity index (χ1v) is 9.31. The molecule has 0 saturated carbocycles. The average molecular weight is 441 g/mol. The molecule has 0 aliphatic rings. The van der Waals surface area contributed by atoms with Crippen LogP contribution in [0.25, 0.3) is 22.1 Å². The molecule has 3 aromatic rings. The van der Waals surface area contributed by atoms with E-state index in [1.54, 1.807) is 0 Å². The predicted octanol–water partition coefficient (Wildman–Crippen LogP) is 5.46. The summed E-state index contributed by atoms with van der Waals surface area (Å²) < 4.78 is 56.1. The molecule has 0 radical (unpaired) electrons. The molecule has 0 spiro atoms. The summed E-state index contributed by atoms with van der Waals surface area (Å²) in [4.78, 5) is 24.4. The summed E-state index contributed by atoms with van der Waals surface area (Å²) in [5.41, 5.74) is -1.74. The molecule has 158 valence electrons. The summed E-state index contributed by atoms with van der Waals surface area (Å²) in [5, 5.41) is 0.255. The fourth-order valence-corrected chi connectivity index (χ4v) is 2.87. The number of fused-ring (bicyclic) bond motifs is 1. The number of rotatable bonds is 6. The van der Waals surface area contributed by atoms with Crippen LogP contribution >= 0.6 is 11.6 Å². The van der Waals surface area contributed by atoms with Crippen molar-refractivity contribution in [2.45, 2.75) is 19.5 Å². The normalized spacial score (nSPS) is 11.5. The van der Waals surface area contributed by atoms with E-state index in [0.29, 0.717) is 11.4 Å². The van der Waals surface area contributed by atoms with E-state index < -0.39 is 35.5 Å². The van der Waals surface area contributed by atoms with Crippen molar-refractivity contribution in [1.82, 2.24) is 0 Å². The maximum atomic E-state index is 13.6. The van der Waals surface area contributed by atoms with Gasteiger partial charge < -0.3 is 13.9 Å². The minimum absolute atomic E-state index is 0.0290. The maximum Gasteiger partial charge on any atom is 0.450 e. The van der Waals surface area contributed by atoms with E-state index in [1.165, 1.54) is 36.4 Å². The Labute approximate surface area is 174 Å². The van der Waals surface area contributed by atoms with Crippen molar-refractivity contribution in [3.05, 3.63) is 63.5 Å². The van der Waals surface area contributed by atoms with Crippen molar-refractivity contribution in [1.29, 1.82) is 0 Å². The second kappa shape index (κ2) is 8.79. The molecule has 30 heavy (non-hydrogen) atoms. The Morgan fingerprint density at radius 2 is 1.83 bits per heavy atom. The summed E-state index contributed by atoms with van der Waals surface area (Å²) >= 11 is 5.79. The van der Waals surface area contributed by atoms with Gasteiger partial charge in [0, 0.05) is 11.1 Å². The second-order valence-electron chi connectivity index (χ2n) is 6.31. The molecule has 2 aromatic carbocycles. The van der Waals surface area contributed by atoms with Crippen molar-refractivity contribution >= 4 is 28.5 Å². The zero-order valence-corrected chi connectivity index (χ0v) is 16.5. The van der Waals surface area contributed by atoms with Gasteiger partial charge in [-0.15, -0.1) is 0 Å². The number of carbonyl (C=O) groups excluding carboxylic acids is 1. The fraction of sp³-hybridized carbons (Fsp3) is 0.238. The van der Waals surface area contributed by atoms with Gasteiger partial charge >= 0.3 is 12.1 Å². The predicted molar refractivity (Wildman–Crippen MR) is 105 cm³/mol. The van der Waals surface area contributed by atoms with Gasteiger partial charge in [0.1, 0.15) is 11.3 Å². The molecule has 0 bridgehead atoms. The minimum atomic E-state index is -4.91. The van der Waals surface area contributed by atoms with E-state index in [2.05, 4.69) is 0 Å². The van der Waals surface area contributed by atoms with Crippen LogP contribution in [0.2, 0.25) is 5.02 Å². The van der Waals surface area contributed by atoms with Gasteiger partial charge in [-0.2, -0.15) is 13.2 Å². The summed E-state index contributed by atoms with van der Waals surface area (Å²) in [5.74, 6) is -1.99. The molecule has 9 heteroatoms. The monoisotopic (exact) mass is 440 g/mol. The van der Waals surface area contributed by atoms with E-state index in [4.69, 9.17) is 25.5 Å². The number of alkyl halides is 3. The minimum Gasteiger partial charge on any atom is -0.482 e. The van der Waals surface area contributed by atoms with Gasteiger partial charge in [0.2, 0.25) is 11.2 Å². The van der Waals surface area contributed by atoms with Crippen molar-refractivity contribution < 1.29 is 31.9 Å². The molecule has 0 amide bonds. The number of esters is 1. The smallest absolute Gasteiger partial charge is 0.450 e. The van der Waals surface area contributed by atoms with Crippen molar-refractivity contribution in [2.24, 2.45) is 0 Å². The van der Waals surface area contributed by atoms with E-state index >= 15 is 0 Å². The van der Waals surface area contributed by atoms with Crippen LogP contribution in [-0.4, -0.2) is 19.2 Å². The number of carbonyl (C=O) groups is 1. The lowest BCUT2D eigenvalue weighted by Gasteiger charge is -2.13. The van der Waals surface area contributed by atoms with Crippen molar-refractivity contribution in [3.63, 3.8) is 0 Å². The van der Waals surface area contributed by atoms with Crippen LogP contribution in [0.4, 0.5) is 13.2 Å². The van der Waals surface area contributed by atoms with Gasteiger partial charge in [-0.25, -0.2) is 4.79 Å². The van der Waals surface area contributed by atoms with E-state index in [9.17, 15) is 22.8 Å². The number of hydrogen-bond donors (Lipinski definition) is 0. The highest BCUT2D eigenvalue weighted by molar-refractivity contribution is 6.30. The quantitative estimate of drug-likeness (QED) is 0.476. The zero-order valence-electron chi connectivity index (χ0n) is 15.7. The summed E-state index contributed by atoms with van der Waals surface area (Å²) in [7, 11) is 0. The summed E-state index contributed by atoms with van der Waals surface area (Å²) in [6.45, 7) is 1.64. The molecular formula is C21H16ClF3O5. The molecule has 5 nitrogen and oxygen atoms in total. The molecule has 3 rings (SSSR count). The van der Waals surface area contributed by atoms with Crippen LogP contribution in [0.15, 0.2) is 51.7 Å². The van der Waals surface area contributed by atoms with E-state index in [-0.39, 0.29) is 28.9 Å². The number of ether oxygens (including phenoxy) is 2. The highest BCUT2D eigenvalue weighted by Gasteiger charge is 2.39. The van der Waals surface area contributed by atoms with Crippen LogP contribution in [0, 0.1) is 0 Å². The van der Waals surface area contributed by atoms with Crippen LogP contribution in [0.1, 0.15) is 19.1 Å². The van der Waals surface area contributed by atoms with E-state index in [0.717, 1.165) is 6.07 Å². The second-order valence-corrected chi connectivity index (χ2v) is 6.74. The van der Waals surface area contributed by atoms with Crippen LogP contribution in [0.3, 0.4) is 0 Å². The van der Waals surface area contributed by atoms with E-state index in [1.807, 2.05) is 6.92 Å². The first-order chi connectivity index (χ1) is 14.2. The van der Waals surface area contributed by atoms with Crippen LogP contribution < -0.4 is 10.2 Å². The van der Waals surface area contributed by atoms with Gasteiger partial charge in [-0.1, -0.05) is 30.7 Å². The van der Waals surface area contributed by atoms with Gasteiger partial charge in [-0.3, -0.25) is 4.79 Å². The third-order valence-corrected chi connectivity index (χ3v) is 4.33. The Hall–Kier alpha value is -3.00. The molecule has 0 aliphatic carbocycles. The molecule has 1 aromatic heterocycles. The highest BCUT2D eigenvalue weighted by atomic mass is 35.5. The Bertz CT molecular complexity index is 1120. The fourth-order valence-electron chi connectivity index (χ4n) is 2.74. The highest BCUT2D eigenvalue weighted by Crippen LogP contribution is 2.38. The largest absolute Gasteiger partial charge is 0.482 e. The molecule has 0 aliphatic heterocycles. The third kappa shape index (κ3) is 4.76. The lowest BCUT2D eigenvalue weighted by atomic mass is 10.0. The zero-order chi connectivity index (χ0) is 21.9. The van der Waals surface area contributed by atoms with Gasteiger partial charge in [0.25, 0.3) is 0 Å². The topological polar surface area (TPSA) is 65.7 Å². The van der Waals surface area contributed by atoms with Gasteiger partial charge in [0.15, 0.2) is 6.61 Å². The van der Waals surface area contributed by atoms with Crippen LogP contribution in [0.5, 0.6) is 5.75 Å². The maximum absolute atomic E-state index is 13.6. The Morgan fingerprint density at radius 1 is 1.13 bits per heavy atom. The molecule has 0 atom stereocenters. The number of benzene rings is 2. The van der Waals surface area contributed by atoms with Gasteiger partial charge in [0.05, 0.1) is 17.6 Å². The molecule has 0 unspecified atom stereocenters. The van der Waals surface area contributed by atoms with Crippen LogP contribution in [-0.2, 0) is 15.7 Å². The SMILES string of the molecule is CCCOC(=O)COc1ccc2c(=O)c(-c3ccc(Cl)cc3)c(C(F)(F)F)oc2c1. The van der Waals surface area contributed by atoms with Crippen molar-refractivity contribution in [2.75, 3.05) is 13.2 Å². The number of hydrogen-bond acceptors (Lipinski definition) is 5. The Kier molecular flexibility index (Phi) is 6.36. The molecule has 0 N–H and O–H groups in total. The Morgan fingerprint density at radius 3 is 2.47 bits per heavy atom. The summed E-state index contributed by atoms with van der Waals surface area (Å²) in [6.07, 6.45) is -4.27. The molecule has 0 saturated heterocycles. The lowest BCUT2D eigenvalue weighted by molar-refractivity contribution is -0.152. The summed E-state index contributed by atoms with van der Waals surface area (Å²) in [6, 6.07) is 9.18. The first-order valence-electron chi connectivity index (χ1n) is 8.93. The average Bonchev–Trinajstić information content (AvgIpc) is 2.70. The Balaban J connectivity index is 2.05. The van der Waals surface area contributed by atoms with Gasteiger partial charge in [-0.05, 0) is 36.2 Å². The lowest BCUT2D eigenvalue weighted by Crippen LogP contribution is -2.17. The standard InChI is InChI=1S/C21H16ClF3O5/c1-2-9-28-17(26)11-29-14-7-8-15-16(10-14)30-20(21(23,24)25)18(19(15)27)12-3-5-13(22)6-4-12/h3-8,10H,2,9,11H2,1H3. The number of halogens is 4. The molecule has 0 fully saturated rings. The molecule has 1 heterocycles. The first kappa shape index (κ1) is 21.7.